The minimum absolute atomic E-state index is 0. The van der Waals surface area contributed by atoms with Crippen LogP contribution in [0.25, 0.3) is 11.0 Å². The number of fused-ring (bicyclic) bond motifs is 3. The molecule has 0 saturated carbocycles. The largest absolute Gasteiger partial charge is 0.381 e. The molecule has 0 spiro atoms. The number of rotatable bonds is 1. The third-order valence-electron chi connectivity index (χ3n) is 4.69. The first-order chi connectivity index (χ1) is 9.93. The summed E-state index contributed by atoms with van der Waals surface area (Å²) in [5, 5.41) is 4.84. The molecule has 2 N–H and O–H groups in total. The van der Waals surface area contributed by atoms with Gasteiger partial charge in [0.15, 0.2) is 0 Å². The lowest BCUT2D eigenvalue weighted by Gasteiger charge is -2.23. The van der Waals surface area contributed by atoms with Crippen molar-refractivity contribution in [2.75, 3.05) is 26.3 Å². The van der Waals surface area contributed by atoms with Gasteiger partial charge in [0.2, 0.25) is 0 Å². The minimum atomic E-state index is 0. The number of aromatic amines is 1. The quantitative estimate of drug-likeness (QED) is 0.836. The Balaban J connectivity index is 0.000000882. The number of ether oxygens (including phenoxy) is 1. The summed E-state index contributed by atoms with van der Waals surface area (Å²) in [5.74, 6) is 0.672. The van der Waals surface area contributed by atoms with E-state index in [1.165, 1.54) is 35.0 Å². The molecule has 4 rings (SSSR count). The molecule has 0 atom stereocenters. The van der Waals surface area contributed by atoms with Crippen molar-refractivity contribution in [3.05, 3.63) is 29.1 Å². The van der Waals surface area contributed by atoms with Crippen molar-refractivity contribution in [2.45, 2.75) is 31.6 Å². The highest BCUT2D eigenvalue weighted by atomic mass is 35.5. The van der Waals surface area contributed by atoms with E-state index in [1.807, 2.05) is 6.20 Å². The molecule has 0 aliphatic carbocycles. The summed E-state index contributed by atoms with van der Waals surface area (Å²) in [6.45, 7) is 3.91. The number of H-pyrrole nitrogens is 1. The second-order valence-electron chi connectivity index (χ2n) is 5.84. The molecule has 2 aliphatic heterocycles. The average molecular weight is 344 g/mol. The average Bonchev–Trinajstić information content (AvgIpc) is 2.70. The van der Waals surface area contributed by atoms with Crippen LogP contribution in [0.4, 0.5) is 0 Å². The summed E-state index contributed by atoms with van der Waals surface area (Å²) in [6, 6.07) is 2.23. The molecule has 0 amide bonds. The minimum Gasteiger partial charge on any atom is -0.381 e. The van der Waals surface area contributed by atoms with Crippen molar-refractivity contribution in [3.63, 3.8) is 0 Å². The maximum Gasteiger partial charge on any atom is 0.138 e. The third kappa shape index (κ3) is 3.11. The van der Waals surface area contributed by atoms with Gasteiger partial charge in [0.05, 0.1) is 13.2 Å². The molecule has 122 valence electrons. The highest BCUT2D eigenvalue weighted by Gasteiger charge is 2.22. The standard InChI is InChI=1S/C16H21N3O.2ClH/c1-6-17-7-2-11(1)12-3-8-18-16-15(12)13-4-9-20-10-5-14(13)19-16;;/h3,8,11,17H,1-2,4-7,9-10H2,(H,18,19);2*1H. The summed E-state index contributed by atoms with van der Waals surface area (Å²) < 4.78 is 5.62. The first kappa shape index (κ1) is 17.5. The van der Waals surface area contributed by atoms with Crippen molar-refractivity contribution in [3.8, 4) is 0 Å². The van der Waals surface area contributed by atoms with Gasteiger partial charge in [-0.05, 0) is 55.5 Å². The van der Waals surface area contributed by atoms with Gasteiger partial charge < -0.3 is 15.0 Å². The molecule has 0 bridgehead atoms. The Kier molecular flexibility index (Phi) is 6.09. The highest BCUT2D eigenvalue weighted by Crippen LogP contribution is 2.34. The number of nitrogens with zero attached hydrogens (tertiary/aromatic N) is 1. The van der Waals surface area contributed by atoms with Crippen molar-refractivity contribution < 1.29 is 4.74 Å². The van der Waals surface area contributed by atoms with Gasteiger partial charge in [-0.1, -0.05) is 0 Å². The molecule has 1 fully saturated rings. The molecule has 0 unspecified atom stereocenters. The normalized spacial score (nSPS) is 18.9. The Morgan fingerprint density at radius 3 is 2.68 bits per heavy atom. The van der Waals surface area contributed by atoms with E-state index in [1.54, 1.807) is 0 Å². The second-order valence-corrected chi connectivity index (χ2v) is 5.84. The molecule has 2 aliphatic rings. The summed E-state index contributed by atoms with van der Waals surface area (Å²) >= 11 is 0. The number of pyridine rings is 1. The van der Waals surface area contributed by atoms with Gasteiger partial charge in [-0.25, -0.2) is 4.98 Å². The molecule has 1 saturated heterocycles. The smallest absolute Gasteiger partial charge is 0.138 e. The lowest BCUT2D eigenvalue weighted by Crippen LogP contribution is -2.26. The fourth-order valence-corrected chi connectivity index (χ4v) is 3.67. The molecular formula is C16H23Cl2N3O. The van der Waals surface area contributed by atoms with Crippen LogP contribution in [-0.2, 0) is 17.6 Å². The lowest BCUT2D eigenvalue weighted by molar-refractivity contribution is 0.146. The summed E-state index contributed by atoms with van der Waals surface area (Å²) in [6.07, 6.45) is 6.42. The summed E-state index contributed by atoms with van der Waals surface area (Å²) in [4.78, 5) is 8.09. The fraction of sp³-hybridized carbons (Fsp3) is 0.562. The van der Waals surface area contributed by atoms with Crippen LogP contribution < -0.4 is 5.32 Å². The molecule has 22 heavy (non-hydrogen) atoms. The summed E-state index contributed by atoms with van der Waals surface area (Å²) in [5.41, 5.74) is 5.37. The topological polar surface area (TPSA) is 49.9 Å². The lowest BCUT2D eigenvalue weighted by atomic mass is 9.87. The molecule has 6 heteroatoms. The van der Waals surface area contributed by atoms with E-state index in [-0.39, 0.29) is 24.8 Å². The zero-order valence-electron chi connectivity index (χ0n) is 12.6. The molecular weight excluding hydrogens is 321 g/mol. The molecule has 4 nitrogen and oxygen atoms in total. The molecule has 2 aromatic rings. The van der Waals surface area contributed by atoms with Crippen LogP contribution in [0.2, 0.25) is 0 Å². The van der Waals surface area contributed by atoms with Gasteiger partial charge in [-0.3, -0.25) is 0 Å². The predicted molar refractivity (Wildman–Crippen MR) is 93.7 cm³/mol. The Labute approximate surface area is 143 Å². The number of piperidine rings is 1. The Morgan fingerprint density at radius 2 is 1.86 bits per heavy atom. The maximum atomic E-state index is 5.62. The first-order valence-electron chi connectivity index (χ1n) is 7.70. The van der Waals surface area contributed by atoms with E-state index < -0.39 is 0 Å². The van der Waals surface area contributed by atoms with Crippen LogP contribution in [0.5, 0.6) is 0 Å². The number of hydrogen-bond acceptors (Lipinski definition) is 3. The molecule has 0 aromatic carbocycles. The number of aromatic nitrogens is 2. The van der Waals surface area contributed by atoms with E-state index in [2.05, 4.69) is 21.4 Å². The van der Waals surface area contributed by atoms with Gasteiger partial charge in [0.25, 0.3) is 0 Å². The van der Waals surface area contributed by atoms with Crippen LogP contribution in [0, 0.1) is 0 Å². The molecule has 0 radical (unpaired) electrons. The zero-order valence-corrected chi connectivity index (χ0v) is 14.2. The van der Waals surface area contributed by atoms with Crippen LogP contribution in [0.15, 0.2) is 12.3 Å². The number of nitrogens with one attached hydrogen (secondary N) is 2. The van der Waals surface area contributed by atoms with Crippen LogP contribution >= 0.6 is 24.8 Å². The monoisotopic (exact) mass is 343 g/mol. The fourth-order valence-electron chi connectivity index (χ4n) is 3.67. The SMILES string of the molecule is Cl.Cl.c1cc(C2CCNCC2)c2c3c([nH]c2n1)CCOCC3. The Bertz CT molecular complexity index is 623. The Hall–Kier alpha value is -0.810. The van der Waals surface area contributed by atoms with E-state index in [0.717, 1.165) is 44.8 Å². The zero-order chi connectivity index (χ0) is 13.4. The van der Waals surface area contributed by atoms with E-state index in [9.17, 15) is 0 Å². The first-order valence-corrected chi connectivity index (χ1v) is 7.70. The predicted octanol–water partition coefficient (Wildman–Crippen LogP) is 2.99. The van der Waals surface area contributed by atoms with Gasteiger partial charge in [-0.15, -0.1) is 24.8 Å². The van der Waals surface area contributed by atoms with E-state index >= 15 is 0 Å². The van der Waals surface area contributed by atoms with Crippen molar-refractivity contribution >= 4 is 35.8 Å². The van der Waals surface area contributed by atoms with Gasteiger partial charge in [0.1, 0.15) is 5.65 Å². The molecule has 2 aromatic heterocycles. The van der Waals surface area contributed by atoms with Crippen molar-refractivity contribution in [2.24, 2.45) is 0 Å². The third-order valence-corrected chi connectivity index (χ3v) is 4.69. The Morgan fingerprint density at radius 1 is 1.09 bits per heavy atom. The van der Waals surface area contributed by atoms with Crippen LogP contribution in [0.1, 0.15) is 35.6 Å². The summed E-state index contributed by atoms with van der Waals surface area (Å²) in [7, 11) is 0. The van der Waals surface area contributed by atoms with Crippen molar-refractivity contribution in [1.29, 1.82) is 0 Å². The van der Waals surface area contributed by atoms with Gasteiger partial charge in [0, 0.05) is 23.7 Å². The second kappa shape index (κ2) is 7.64. The highest BCUT2D eigenvalue weighted by molar-refractivity contribution is 5.86. The van der Waals surface area contributed by atoms with Crippen LogP contribution in [0.3, 0.4) is 0 Å². The van der Waals surface area contributed by atoms with Crippen molar-refractivity contribution in [1.82, 2.24) is 15.3 Å². The van der Waals surface area contributed by atoms with Gasteiger partial charge >= 0.3 is 0 Å². The maximum absolute atomic E-state index is 5.62. The molecule has 4 heterocycles. The van der Waals surface area contributed by atoms with E-state index in [4.69, 9.17) is 4.74 Å². The number of halogens is 2. The van der Waals surface area contributed by atoms with E-state index in [0.29, 0.717) is 5.92 Å². The van der Waals surface area contributed by atoms with Crippen LogP contribution in [-0.4, -0.2) is 36.3 Å². The van der Waals surface area contributed by atoms with Gasteiger partial charge in [-0.2, -0.15) is 0 Å². The number of hydrogen-bond donors (Lipinski definition) is 2.